The Bertz CT molecular complexity index is 90.4. The Hall–Kier alpha value is -0.830. The van der Waals surface area contributed by atoms with Crippen molar-refractivity contribution in [3.05, 3.63) is 12.7 Å². The van der Waals surface area contributed by atoms with E-state index < -0.39 is 0 Å². The van der Waals surface area contributed by atoms with Crippen LogP contribution in [-0.2, 0) is 4.79 Å². The van der Waals surface area contributed by atoms with Crippen molar-refractivity contribution in [1.82, 2.24) is 5.32 Å². The van der Waals surface area contributed by atoms with Gasteiger partial charge in [-0.2, -0.15) is 0 Å². The zero-order chi connectivity index (χ0) is 6.41. The Kier molecular flexibility index (Phi) is 3.88. The van der Waals surface area contributed by atoms with Crippen molar-refractivity contribution in [2.75, 3.05) is 6.73 Å². The maximum atomic E-state index is 10.3. The minimum absolute atomic E-state index is 0.206. The quantitative estimate of drug-likeness (QED) is 0.389. The van der Waals surface area contributed by atoms with Crippen molar-refractivity contribution in [3.8, 4) is 0 Å². The Morgan fingerprint density at radius 2 is 2.50 bits per heavy atom. The van der Waals surface area contributed by atoms with Crippen molar-refractivity contribution in [2.24, 2.45) is 0 Å². The van der Waals surface area contributed by atoms with Gasteiger partial charge in [0.15, 0.2) is 0 Å². The van der Waals surface area contributed by atoms with Crippen LogP contribution in [0.1, 0.15) is 6.42 Å². The van der Waals surface area contributed by atoms with Gasteiger partial charge in [-0.25, -0.2) is 0 Å². The molecule has 0 aromatic carbocycles. The number of carbonyl (C=O) groups is 1. The van der Waals surface area contributed by atoms with Crippen LogP contribution >= 0.6 is 0 Å². The molecule has 8 heavy (non-hydrogen) atoms. The Morgan fingerprint density at radius 3 is 2.88 bits per heavy atom. The zero-order valence-corrected chi connectivity index (χ0v) is 4.55. The lowest BCUT2D eigenvalue weighted by Crippen LogP contribution is -2.22. The molecule has 0 saturated carbocycles. The summed E-state index contributed by atoms with van der Waals surface area (Å²) in [6.07, 6.45) is 1.74. The summed E-state index contributed by atoms with van der Waals surface area (Å²) in [5.74, 6) is -0.206. The zero-order valence-electron chi connectivity index (χ0n) is 4.55. The first-order valence-corrected chi connectivity index (χ1v) is 2.29. The molecule has 0 bridgehead atoms. The molecule has 0 aromatic heterocycles. The van der Waals surface area contributed by atoms with E-state index >= 15 is 0 Å². The van der Waals surface area contributed by atoms with E-state index in [0.717, 1.165) is 0 Å². The maximum absolute atomic E-state index is 10.3. The molecule has 0 aliphatic carbocycles. The predicted molar refractivity (Wildman–Crippen MR) is 30.0 cm³/mol. The molecular weight excluding hydrogens is 106 g/mol. The number of aliphatic hydroxyl groups is 1. The second kappa shape index (κ2) is 4.33. The van der Waals surface area contributed by atoms with Gasteiger partial charge in [-0.3, -0.25) is 4.79 Å². The fraction of sp³-hybridized carbons (Fsp3) is 0.400. The summed E-state index contributed by atoms with van der Waals surface area (Å²) in [6.45, 7) is 3.04. The lowest BCUT2D eigenvalue weighted by atomic mass is 10.4. The van der Waals surface area contributed by atoms with Gasteiger partial charge < -0.3 is 10.4 Å². The molecule has 0 spiro atoms. The number of nitrogens with one attached hydrogen (secondary N) is 1. The number of amides is 1. The normalized spacial score (nSPS) is 8.12. The molecule has 3 nitrogen and oxygen atoms in total. The van der Waals surface area contributed by atoms with Crippen LogP contribution < -0.4 is 5.32 Å². The highest BCUT2D eigenvalue weighted by atomic mass is 16.3. The molecule has 1 amide bonds. The van der Waals surface area contributed by atoms with Crippen LogP contribution in [-0.4, -0.2) is 17.7 Å². The van der Waals surface area contributed by atoms with E-state index in [4.69, 9.17) is 5.11 Å². The average Bonchev–Trinajstić information content (AvgIpc) is 1.68. The number of hydrogen-bond donors (Lipinski definition) is 2. The van der Waals surface area contributed by atoms with Gasteiger partial charge in [0.05, 0.1) is 0 Å². The third kappa shape index (κ3) is 3.36. The summed E-state index contributed by atoms with van der Waals surface area (Å²) in [5, 5.41) is 10.3. The van der Waals surface area contributed by atoms with Crippen molar-refractivity contribution in [2.45, 2.75) is 6.42 Å². The number of rotatable bonds is 3. The van der Waals surface area contributed by atoms with Crippen molar-refractivity contribution in [3.63, 3.8) is 0 Å². The predicted octanol–water partition coefficient (Wildman–Crippen LogP) is -0.372. The minimum Gasteiger partial charge on any atom is -0.377 e. The molecular formula is C5H9NO2. The molecule has 0 fully saturated rings. The van der Waals surface area contributed by atoms with Crippen LogP contribution in [0.15, 0.2) is 12.7 Å². The summed E-state index contributed by atoms with van der Waals surface area (Å²) in [7, 11) is 0. The Labute approximate surface area is 48.0 Å². The molecule has 0 rings (SSSR count). The van der Waals surface area contributed by atoms with Crippen LogP contribution in [0.2, 0.25) is 0 Å². The maximum Gasteiger partial charge on any atom is 0.225 e. The van der Waals surface area contributed by atoms with Gasteiger partial charge in [0, 0.05) is 6.42 Å². The van der Waals surface area contributed by atoms with Crippen LogP contribution in [0.3, 0.4) is 0 Å². The molecule has 0 saturated heterocycles. The number of carbonyl (C=O) groups excluding carboxylic acids is 1. The highest BCUT2D eigenvalue weighted by Gasteiger charge is 1.91. The molecule has 3 heteroatoms. The first-order chi connectivity index (χ1) is 3.81. The monoisotopic (exact) mass is 115 g/mol. The van der Waals surface area contributed by atoms with Crippen LogP contribution in [0, 0.1) is 0 Å². The molecule has 0 aromatic rings. The molecule has 46 valence electrons. The standard InChI is InChI=1S/C5H9NO2/c1-2-3-5(8)6-4-7/h2,7H,1,3-4H2,(H,6,8). The SMILES string of the molecule is C=CCC(=O)NCO. The van der Waals surface area contributed by atoms with Gasteiger partial charge in [0.1, 0.15) is 6.73 Å². The number of hydrogen-bond acceptors (Lipinski definition) is 2. The third-order valence-corrected chi connectivity index (χ3v) is 0.606. The van der Waals surface area contributed by atoms with Gasteiger partial charge in [-0.1, -0.05) is 6.08 Å². The van der Waals surface area contributed by atoms with Crippen molar-refractivity contribution >= 4 is 5.91 Å². The largest absolute Gasteiger partial charge is 0.377 e. The summed E-state index contributed by atoms with van der Waals surface area (Å²) in [4.78, 5) is 10.3. The van der Waals surface area contributed by atoms with Gasteiger partial charge in [-0.15, -0.1) is 6.58 Å². The molecule has 0 atom stereocenters. The third-order valence-electron chi connectivity index (χ3n) is 0.606. The second-order valence-corrected chi connectivity index (χ2v) is 1.25. The molecule has 0 heterocycles. The topological polar surface area (TPSA) is 49.3 Å². The van der Waals surface area contributed by atoms with Crippen molar-refractivity contribution in [1.29, 1.82) is 0 Å². The van der Waals surface area contributed by atoms with E-state index in [1.807, 2.05) is 0 Å². The lowest BCUT2D eigenvalue weighted by molar-refractivity contribution is -0.121. The van der Waals surface area contributed by atoms with E-state index in [2.05, 4.69) is 11.9 Å². The molecule has 2 N–H and O–H groups in total. The average molecular weight is 115 g/mol. The smallest absolute Gasteiger partial charge is 0.225 e. The highest BCUT2D eigenvalue weighted by Crippen LogP contribution is 1.76. The molecule has 0 radical (unpaired) electrons. The summed E-state index contributed by atoms with van der Waals surface area (Å²) in [5.41, 5.74) is 0. The summed E-state index contributed by atoms with van der Waals surface area (Å²) >= 11 is 0. The van der Waals surface area contributed by atoms with E-state index in [9.17, 15) is 4.79 Å². The van der Waals surface area contributed by atoms with Gasteiger partial charge in [-0.05, 0) is 0 Å². The fourth-order valence-corrected chi connectivity index (χ4v) is 0.291. The summed E-state index contributed by atoms with van der Waals surface area (Å²) in [6, 6.07) is 0. The summed E-state index contributed by atoms with van der Waals surface area (Å²) < 4.78 is 0. The highest BCUT2D eigenvalue weighted by molar-refractivity contribution is 5.77. The van der Waals surface area contributed by atoms with E-state index in [0.29, 0.717) is 0 Å². The molecule has 0 unspecified atom stereocenters. The van der Waals surface area contributed by atoms with E-state index in [1.165, 1.54) is 6.08 Å². The van der Waals surface area contributed by atoms with Crippen molar-refractivity contribution < 1.29 is 9.90 Å². The molecule has 0 aliphatic rings. The first kappa shape index (κ1) is 7.17. The van der Waals surface area contributed by atoms with Gasteiger partial charge in [0.2, 0.25) is 5.91 Å². The minimum atomic E-state index is -0.299. The number of aliphatic hydroxyl groups excluding tert-OH is 1. The fourth-order valence-electron chi connectivity index (χ4n) is 0.291. The van der Waals surface area contributed by atoms with Gasteiger partial charge in [0.25, 0.3) is 0 Å². The van der Waals surface area contributed by atoms with Crippen LogP contribution in [0.4, 0.5) is 0 Å². The Morgan fingerprint density at radius 1 is 1.88 bits per heavy atom. The van der Waals surface area contributed by atoms with Crippen LogP contribution in [0.5, 0.6) is 0 Å². The Balaban J connectivity index is 3.18. The van der Waals surface area contributed by atoms with E-state index in [-0.39, 0.29) is 19.1 Å². The van der Waals surface area contributed by atoms with Crippen LogP contribution in [0.25, 0.3) is 0 Å². The van der Waals surface area contributed by atoms with Gasteiger partial charge >= 0.3 is 0 Å². The van der Waals surface area contributed by atoms with E-state index in [1.54, 1.807) is 0 Å². The molecule has 0 aliphatic heterocycles. The first-order valence-electron chi connectivity index (χ1n) is 2.29. The lowest BCUT2D eigenvalue weighted by Gasteiger charge is -1.94. The second-order valence-electron chi connectivity index (χ2n) is 1.25.